The first-order valence-electron chi connectivity index (χ1n) is 6.97. The minimum atomic E-state index is -3.38. The van der Waals surface area contributed by atoms with Crippen molar-refractivity contribution in [1.82, 2.24) is 5.09 Å². The molecule has 0 aromatic heterocycles. The lowest BCUT2D eigenvalue weighted by molar-refractivity contribution is -0.138. The summed E-state index contributed by atoms with van der Waals surface area (Å²) in [5.74, 6) is -0.683. The van der Waals surface area contributed by atoms with Crippen LogP contribution in [-0.2, 0) is 9.36 Å². The third kappa shape index (κ3) is 6.43. The van der Waals surface area contributed by atoms with Gasteiger partial charge in [0.15, 0.2) is 0 Å². The monoisotopic (exact) mass is 327 g/mol. The molecule has 0 aliphatic rings. The van der Waals surface area contributed by atoms with Crippen LogP contribution in [0.25, 0.3) is 0 Å². The Balaban J connectivity index is 2.84. The van der Waals surface area contributed by atoms with E-state index >= 15 is 0 Å². The summed E-state index contributed by atoms with van der Waals surface area (Å²) in [5.41, 5.74) is 0.762. The van der Waals surface area contributed by atoms with Crippen molar-refractivity contribution in [2.75, 3.05) is 12.8 Å². The number of aliphatic hydroxyl groups is 1. The minimum absolute atomic E-state index is 0.0667. The molecule has 0 heterocycles. The van der Waals surface area contributed by atoms with E-state index < -0.39 is 19.5 Å². The molecule has 0 unspecified atom stereocenters. The number of rotatable bonds is 9. The predicted molar refractivity (Wildman–Crippen MR) is 85.2 cm³/mol. The summed E-state index contributed by atoms with van der Waals surface area (Å²) in [5, 5.41) is 20.5. The van der Waals surface area contributed by atoms with Crippen LogP contribution in [-0.4, -0.2) is 35.0 Å². The Bertz CT molecular complexity index is 558. The van der Waals surface area contributed by atoms with Gasteiger partial charge in [0, 0.05) is 0 Å². The molecule has 0 aliphatic carbocycles. The van der Waals surface area contributed by atoms with Crippen LogP contribution in [0.2, 0.25) is 0 Å². The van der Waals surface area contributed by atoms with E-state index in [4.69, 9.17) is 14.7 Å². The van der Waals surface area contributed by atoms with Crippen LogP contribution in [0, 0.1) is 0 Å². The van der Waals surface area contributed by atoms with Gasteiger partial charge in [-0.2, -0.15) is 0 Å². The number of para-hydroxylation sites is 1. The van der Waals surface area contributed by atoms with Crippen LogP contribution in [0.1, 0.15) is 20.3 Å². The van der Waals surface area contributed by atoms with Gasteiger partial charge in [-0.3, -0.25) is 9.36 Å². The number of nitrogens with one attached hydrogen (secondary N) is 1. The largest absolute Gasteiger partial charge is 0.480 e. The Labute approximate surface area is 130 Å². The second-order valence-corrected chi connectivity index (χ2v) is 7.22. The van der Waals surface area contributed by atoms with E-state index in [0.717, 1.165) is 5.57 Å². The summed E-state index contributed by atoms with van der Waals surface area (Å²) in [6.45, 7) is 3.11. The Kier molecular flexibility index (Phi) is 7.32. The molecule has 3 N–H and O–H groups in total. The van der Waals surface area contributed by atoms with Crippen molar-refractivity contribution in [2.24, 2.45) is 0 Å². The van der Waals surface area contributed by atoms with Crippen LogP contribution in [0.3, 0.4) is 0 Å². The van der Waals surface area contributed by atoms with Gasteiger partial charge in [-0.15, -0.1) is 0 Å². The summed E-state index contributed by atoms with van der Waals surface area (Å²) in [6, 6.07) is 7.63. The van der Waals surface area contributed by atoms with Crippen LogP contribution in [0.15, 0.2) is 42.0 Å². The maximum Gasteiger partial charge on any atom is 0.320 e. The molecule has 2 atom stereocenters. The zero-order valence-electron chi connectivity index (χ0n) is 12.7. The van der Waals surface area contributed by atoms with Gasteiger partial charge >= 0.3 is 13.5 Å². The highest BCUT2D eigenvalue weighted by atomic mass is 31.2. The molecule has 0 amide bonds. The van der Waals surface area contributed by atoms with Gasteiger partial charge < -0.3 is 14.7 Å². The summed E-state index contributed by atoms with van der Waals surface area (Å²) >= 11 is 0. The van der Waals surface area contributed by atoms with Gasteiger partial charge in [0.25, 0.3) is 0 Å². The second-order valence-electron chi connectivity index (χ2n) is 4.99. The molecule has 1 aromatic carbocycles. The molecule has 1 aromatic rings. The molecule has 0 radical (unpaired) electrons. The number of aliphatic hydroxyl groups excluding tert-OH is 1. The third-order valence-electron chi connectivity index (χ3n) is 2.92. The lowest BCUT2D eigenvalue weighted by atomic mass is 10.3. The zero-order valence-corrected chi connectivity index (χ0v) is 13.6. The number of hydrogen-bond donors (Lipinski definition) is 3. The number of allylic oxidation sites excluding steroid dienone is 1. The first-order valence-corrected chi connectivity index (χ1v) is 8.78. The molecular weight excluding hydrogens is 305 g/mol. The van der Waals surface area contributed by atoms with Gasteiger partial charge in [-0.05, 0) is 32.4 Å². The highest BCUT2D eigenvalue weighted by Gasteiger charge is 2.28. The number of carboxylic acid groups (broad SMARTS) is 1. The molecule has 0 aliphatic heterocycles. The van der Waals surface area contributed by atoms with Crippen LogP contribution >= 0.6 is 7.52 Å². The number of benzene rings is 1. The lowest BCUT2D eigenvalue weighted by Crippen LogP contribution is -2.33. The molecule has 6 nitrogen and oxygen atoms in total. The molecule has 0 saturated carbocycles. The predicted octanol–water partition coefficient (Wildman–Crippen LogP) is 2.65. The Hall–Kier alpha value is -1.62. The molecule has 1 rings (SSSR count). The summed E-state index contributed by atoms with van der Waals surface area (Å²) in [7, 11) is -3.38. The van der Waals surface area contributed by atoms with Gasteiger partial charge in [0.2, 0.25) is 0 Å². The van der Waals surface area contributed by atoms with E-state index in [0.29, 0.717) is 12.2 Å². The van der Waals surface area contributed by atoms with E-state index in [1.807, 2.05) is 0 Å². The van der Waals surface area contributed by atoms with Crippen molar-refractivity contribution < 1.29 is 24.1 Å². The smallest absolute Gasteiger partial charge is 0.320 e. The zero-order chi connectivity index (χ0) is 16.6. The van der Waals surface area contributed by atoms with Crippen molar-refractivity contribution in [3.05, 3.63) is 42.0 Å². The minimum Gasteiger partial charge on any atom is -0.480 e. The van der Waals surface area contributed by atoms with Gasteiger partial charge in [-0.1, -0.05) is 29.8 Å². The Morgan fingerprint density at radius 1 is 1.41 bits per heavy atom. The van der Waals surface area contributed by atoms with Gasteiger partial charge in [0.05, 0.1) is 12.8 Å². The highest BCUT2D eigenvalue weighted by molar-refractivity contribution is 7.57. The van der Waals surface area contributed by atoms with E-state index in [1.165, 1.54) is 6.92 Å². The number of carbonyl (C=O) groups is 1. The summed E-state index contributed by atoms with van der Waals surface area (Å²) in [4.78, 5) is 11.0. The maximum absolute atomic E-state index is 12.9. The van der Waals surface area contributed by atoms with Crippen LogP contribution in [0.4, 0.5) is 0 Å². The quantitative estimate of drug-likeness (QED) is 0.477. The van der Waals surface area contributed by atoms with E-state index in [9.17, 15) is 9.36 Å². The van der Waals surface area contributed by atoms with Crippen molar-refractivity contribution in [1.29, 1.82) is 0 Å². The van der Waals surface area contributed by atoms with Crippen LogP contribution < -0.4 is 9.61 Å². The molecular formula is C15H22NO5P. The average Bonchev–Trinajstić information content (AvgIpc) is 2.47. The molecule has 0 saturated heterocycles. The first-order chi connectivity index (χ1) is 10.4. The lowest BCUT2D eigenvalue weighted by Gasteiger charge is -2.22. The maximum atomic E-state index is 12.9. The molecule has 7 heteroatoms. The van der Waals surface area contributed by atoms with Gasteiger partial charge in [0.1, 0.15) is 11.8 Å². The molecule has 122 valence electrons. The fraction of sp³-hybridized carbons (Fsp3) is 0.400. The number of carboxylic acids is 1. The van der Waals surface area contributed by atoms with Crippen molar-refractivity contribution in [3.63, 3.8) is 0 Å². The molecule has 22 heavy (non-hydrogen) atoms. The number of hydrogen-bond acceptors (Lipinski definition) is 4. The van der Waals surface area contributed by atoms with E-state index in [-0.39, 0.29) is 12.8 Å². The molecule has 0 spiro atoms. The fourth-order valence-electron chi connectivity index (χ4n) is 1.68. The molecule has 0 fully saturated rings. The summed E-state index contributed by atoms with van der Waals surface area (Å²) < 4.78 is 18.4. The first kappa shape index (κ1) is 18.4. The SMILES string of the molecule is C/C(=C\CC[P@@](=O)(N[C@@H](C)C(=O)O)Oc1ccccc1)CO. The van der Waals surface area contributed by atoms with Crippen molar-refractivity contribution in [2.45, 2.75) is 26.3 Å². The summed E-state index contributed by atoms with van der Waals surface area (Å²) in [6.07, 6.45) is 2.31. The molecule has 0 bridgehead atoms. The van der Waals surface area contributed by atoms with Gasteiger partial charge in [-0.25, -0.2) is 5.09 Å². The fourth-order valence-corrected chi connectivity index (χ4v) is 3.59. The second kappa shape index (κ2) is 8.73. The van der Waals surface area contributed by atoms with Crippen molar-refractivity contribution >= 4 is 13.5 Å². The normalized spacial score (nSPS) is 15.9. The van der Waals surface area contributed by atoms with E-state index in [2.05, 4.69) is 5.09 Å². The van der Waals surface area contributed by atoms with Crippen molar-refractivity contribution in [3.8, 4) is 5.75 Å². The topological polar surface area (TPSA) is 95.9 Å². The Morgan fingerprint density at radius 2 is 2.05 bits per heavy atom. The average molecular weight is 327 g/mol. The number of aliphatic carboxylic acids is 1. The highest BCUT2D eigenvalue weighted by Crippen LogP contribution is 2.44. The third-order valence-corrected chi connectivity index (χ3v) is 5.06. The van der Waals surface area contributed by atoms with E-state index in [1.54, 1.807) is 43.3 Å². The standard InChI is InChI=1S/C15H22NO5P/c1-12(11-17)7-6-10-22(20,16-13(2)15(18)19)21-14-8-4-3-5-9-14/h3-5,7-9,13,17H,6,10-11H2,1-2H3,(H,16,20)(H,18,19)/b12-7+/t13-,22-/m0/s1. The Morgan fingerprint density at radius 3 is 2.59 bits per heavy atom. The van der Waals surface area contributed by atoms with Crippen LogP contribution in [0.5, 0.6) is 5.75 Å².